The highest BCUT2D eigenvalue weighted by Crippen LogP contribution is 1.99. The fourth-order valence-electron chi connectivity index (χ4n) is 0.904. The topological polar surface area (TPSA) is 78.1 Å². The summed E-state index contributed by atoms with van der Waals surface area (Å²) in [6.07, 6.45) is 4.14. The van der Waals surface area contributed by atoms with E-state index < -0.39 is 0 Å². The Morgan fingerprint density at radius 2 is 1.00 bits per heavy atom. The summed E-state index contributed by atoms with van der Waals surface area (Å²) < 4.78 is 0. The van der Waals surface area contributed by atoms with Crippen molar-refractivity contribution < 1.29 is 0 Å². The van der Waals surface area contributed by atoms with Gasteiger partial charge in [-0.3, -0.25) is 0 Å². The van der Waals surface area contributed by atoms with E-state index in [-0.39, 0.29) is 49.6 Å². The second-order valence-electron chi connectivity index (χ2n) is 2.62. The van der Waals surface area contributed by atoms with E-state index in [1.54, 1.807) is 0 Å². The molecule has 94 valence electrons. The zero-order valence-corrected chi connectivity index (χ0v) is 11.5. The third-order valence-electron chi connectivity index (χ3n) is 1.56. The lowest BCUT2D eigenvalue weighted by Crippen LogP contribution is -2.22. The van der Waals surface area contributed by atoms with E-state index in [1.165, 1.54) is 0 Å². The molecule has 0 aromatic rings. The molecular weight excluding hydrogens is 268 g/mol. The molecule has 0 aliphatic carbocycles. The minimum atomic E-state index is 0. The smallest absolute Gasteiger partial charge is 0.00397 e. The summed E-state index contributed by atoms with van der Waals surface area (Å²) >= 11 is 0. The largest absolute Gasteiger partial charge is 0.330 e. The van der Waals surface area contributed by atoms with Gasteiger partial charge in [0.15, 0.2) is 0 Å². The Morgan fingerprint density at radius 3 is 1.21 bits per heavy atom. The van der Waals surface area contributed by atoms with Gasteiger partial charge in [-0.15, -0.1) is 49.6 Å². The molecule has 0 heterocycles. The van der Waals surface area contributed by atoms with Crippen LogP contribution < -0.4 is 17.2 Å². The van der Waals surface area contributed by atoms with Crippen LogP contribution in [0.4, 0.5) is 0 Å². The predicted molar refractivity (Wildman–Crippen MR) is 73.5 cm³/mol. The molecule has 0 fully saturated rings. The molecule has 0 rings (SSSR count). The van der Waals surface area contributed by atoms with Crippen LogP contribution in [0.2, 0.25) is 0 Å². The third kappa shape index (κ3) is 23.1. The first-order chi connectivity index (χ1) is 4.81. The zero-order valence-electron chi connectivity index (χ0n) is 8.19. The Hall–Kier alpha value is 1.04. The van der Waals surface area contributed by atoms with Gasteiger partial charge >= 0.3 is 0 Å². The van der Waals surface area contributed by atoms with E-state index in [0.29, 0.717) is 6.04 Å². The van der Waals surface area contributed by atoms with Gasteiger partial charge in [-0.25, -0.2) is 0 Å². The van der Waals surface area contributed by atoms with Crippen molar-refractivity contribution in [1.82, 2.24) is 0 Å². The lowest BCUT2D eigenvalue weighted by molar-refractivity contribution is 0.534. The molecule has 7 heteroatoms. The maximum Gasteiger partial charge on any atom is 0.00397 e. The SMILES string of the molecule is Cl.Cl.Cl.Cl.NCCCC(N)CCCN. The molecule has 0 atom stereocenters. The van der Waals surface area contributed by atoms with Gasteiger partial charge in [-0.2, -0.15) is 0 Å². The van der Waals surface area contributed by atoms with Gasteiger partial charge < -0.3 is 17.2 Å². The summed E-state index contributed by atoms with van der Waals surface area (Å²) in [5.41, 5.74) is 16.4. The van der Waals surface area contributed by atoms with Gasteiger partial charge in [0.25, 0.3) is 0 Å². The molecule has 6 N–H and O–H groups in total. The van der Waals surface area contributed by atoms with Crippen LogP contribution in [0.1, 0.15) is 25.7 Å². The number of hydrogen-bond acceptors (Lipinski definition) is 3. The average molecular weight is 291 g/mol. The Morgan fingerprint density at radius 1 is 0.714 bits per heavy atom. The summed E-state index contributed by atoms with van der Waals surface area (Å²) in [6, 6.07) is 0.312. The van der Waals surface area contributed by atoms with Crippen molar-refractivity contribution in [1.29, 1.82) is 0 Å². The van der Waals surface area contributed by atoms with E-state index in [2.05, 4.69) is 0 Å². The van der Waals surface area contributed by atoms with Gasteiger partial charge in [-0.1, -0.05) is 0 Å². The van der Waals surface area contributed by atoms with Crippen LogP contribution in [0.15, 0.2) is 0 Å². The Balaban J connectivity index is -0.0000000675. The van der Waals surface area contributed by atoms with E-state index in [0.717, 1.165) is 38.8 Å². The fourth-order valence-corrected chi connectivity index (χ4v) is 0.904. The van der Waals surface area contributed by atoms with Gasteiger partial charge in [0.2, 0.25) is 0 Å². The van der Waals surface area contributed by atoms with Crippen LogP contribution in [-0.2, 0) is 0 Å². The van der Waals surface area contributed by atoms with Crippen LogP contribution in [0.5, 0.6) is 0 Å². The summed E-state index contributed by atoms with van der Waals surface area (Å²) in [4.78, 5) is 0. The van der Waals surface area contributed by atoms with Crippen molar-refractivity contribution in [3.63, 3.8) is 0 Å². The molecular formula is C7H23Cl4N3. The Kier molecular flexibility index (Phi) is 49.8. The summed E-state index contributed by atoms with van der Waals surface area (Å²) in [7, 11) is 0. The summed E-state index contributed by atoms with van der Waals surface area (Å²) in [5.74, 6) is 0. The van der Waals surface area contributed by atoms with Crippen molar-refractivity contribution in [2.24, 2.45) is 17.2 Å². The fraction of sp³-hybridized carbons (Fsp3) is 1.00. The summed E-state index contributed by atoms with van der Waals surface area (Å²) in [5, 5.41) is 0. The van der Waals surface area contributed by atoms with E-state index in [1.807, 2.05) is 0 Å². The van der Waals surface area contributed by atoms with Crippen molar-refractivity contribution in [2.45, 2.75) is 31.7 Å². The highest BCUT2D eigenvalue weighted by Gasteiger charge is 1.99. The lowest BCUT2D eigenvalue weighted by atomic mass is 10.1. The molecule has 0 saturated heterocycles. The molecule has 0 amide bonds. The molecule has 0 spiro atoms. The van der Waals surface area contributed by atoms with Crippen LogP contribution in [0.3, 0.4) is 0 Å². The van der Waals surface area contributed by atoms with Gasteiger partial charge in [0.1, 0.15) is 0 Å². The Labute approximate surface area is 112 Å². The summed E-state index contributed by atoms with van der Waals surface area (Å²) in [6.45, 7) is 1.49. The average Bonchev–Trinajstić information content (AvgIpc) is 1.97. The van der Waals surface area contributed by atoms with E-state index >= 15 is 0 Å². The molecule has 14 heavy (non-hydrogen) atoms. The molecule has 0 aliphatic rings. The van der Waals surface area contributed by atoms with Crippen molar-refractivity contribution >= 4 is 49.6 Å². The molecule has 0 aromatic heterocycles. The quantitative estimate of drug-likeness (QED) is 0.693. The standard InChI is InChI=1S/C7H19N3.4ClH/c8-5-1-3-7(10)4-2-6-9;;;;/h7H,1-6,8-10H2;4*1H. The van der Waals surface area contributed by atoms with E-state index in [9.17, 15) is 0 Å². The first-order valence-electron chi connectivity index (χ1n) is 3.97. The molecule has 0 aliphatic heterocycles. The molecule has 0 unspecified atom stereocenters. The zero-order chi connectivity index (χ0) is 7.82. The van der Waals surface area contributed by atoms with Gasteiger partial charge in [0.05, 0.1) is 0 Å². The van der Waals surface area contributed by atoms with Crippen LogP contribution in [0.25, 0.3) is 0 Å². The number of halogens is 4. The maximum absolute atomic E-state index is 5.73. The lowest BCUT2D eigenvalue weighted by Gasteiger charge is -2.08. The Bertz CT molecular complexity index is 70.0. The maximum atomic E-state index is 5.73. The minimum Gasteiger partial charge on any atom is -0.330 e. The second kappa shape index (κ2) is 23.7. The molecule has 0 saturated carbocycles. The molecule has 0 aromatic carbocycles. The van der Waals surface area contributed by atoms with Crippen molar-refractivity contribution in [3.05, 3.63) is 0 Å². The first kappa shape index (κ1) is 29.4. The molecule has 0 bridgehead atoms. The second-order valence-corrected chi connectivity index (χ2v) is 2.62. The minimum absolute atomic E-state index is 0. The number of rotatable bonds is 6. The normalized spacial score (nSPS) is 7.71. The first-order valence-corrected chi connectivity index (χ1v) is 3.97. The highest BCUT2D eigenvalue weighted by atomic mass is 35.5. The predicted octanol–water partition coefficient (Wildman–Crippen LogP) is 1.48. The van der Waals surface area contributed by atoms with Gasteiger partial charge in [0, 0.05) is 6.04 Å². The molecule has 0 radical (unpaired) electrons. The van der Waals surface area contributed by atoms with Crippen LogP contribution >= 0.6 is 49.6 Å². The van der Waals surface area contributed by atoms with Crippen LogP contribution in [-0.4, -0.2) is 19.1 Å². The van der Waals surface area contributed by atoms with Crippen LogP contribution in [0, 0.1) is 0 Å². The number of nitrogens with two attached hydrogens (primary N) is 3. The van der Waals surface area contributed by atoms with Crippen molar-refractivity contribution in [3.8, 4) is 0 Å². The monoisotopic (exact) mass is 289 g/mol. The number of hydrogen-bond donors (Lipinski definition) is 3. The highest BCUT2D eigenvalue weighted by molar-refractivity contribution is 5.86. The molecule has 3 nitrogen and oxygen atoms in total. The van der Waals surface area contributed by atoms with E-state index in [4.69, 9.17) is 17.2 Å². The third-order valence-corrected chi connectivity index (χ3v) is 1.56. The van der Waals surface area contributed by atoms with Crippen molar-refractivity contribution in [2.75, 3.05) is 13.1 Å². The van der Waals surface area contributed by atoms with Gasteiger partial charge in [-0.05, 0) is 38.8 Å².